The quantitative estimate of drug-likeness (QED) is 0.713. The van der Waals surface area contributed by atoms with Crippen LogP contribution < -0.4 is 0 Å². The Morgan fingerprint density at radius 3 is 2.79 bits per heavy atom. The summed E-state index contributed by atoms with van der Waals surface area (Å²) in [5, 5.41) is 1.93. The van der Waals surface area contributed by atoms with Gasteiger partial charge in [0.1, 0.15) is 5.65 Å². The van der Waals surface area contributed by atoms with Crippen LogP contribution in [0.3, 0.4) is 0 Å². The molecule has 0 amide bonds. The molecule has 2 nitrogen and oxygen atoms in total. The summed E-state index contributed by atoms with van der Waals surface area (Å²) in [4.78, 5) is 7.86. The third kappa shape index (κ3) is 1.92. The zero-order valence-electron chi connectivity index (χ0n) is 10.4. The lowest BCUT2D eigenvalue weighted by Crippen LogP contribution is -1.82. The van der Waals surface area contributed by atoms with Crippen molar-refractivity contribution >= 4 is 22.6 Å². The van der Waals surface area contributed by atoms with Crippen LogP contribution in [0, 0.1) is 0 Å². The molecule has 1 aliphatic carbocycles. The number of hydrogen-bond acceptors (Lipinski definition) is 1. The zero-order valence-corrected chi connectivity index (χ0v) is 11.1. The molecule has 4 rings (SSSR count). The van der Waals surface area contributed by atoms with E-state index in [0.717, 1.165) is 27.8 Å². The van der Waals surface area contributed by atoms with Crippen molar-refractivity contribution in [2.24, 2.45) is 0 Å². The fraction of sp³-hybridized carbons (Fsp3) is 0.188. The second-order valence-corrected chi connectivity index (χ2v) is 5.55. The maximum absolute atomic E-state index is 6.24. The molecular weight excluding hydrogens is 256 g/mol. The minimum Gasteiger partial charge on any atom is -0.339 e. The molecule has 2 heterocycles. The summed E-state index contributed by atoms with van der Waals surface area (Å²) >= 11 is 6.24. The molecule has 0 unspecified atom stereocenters. The Morgan fingerprint density at radius 1 is 1.16 bits per heavy atom. The molecule has 3 heteroatoms. The first-order valence-electron chi connectivity index (χ1n) is 6.55. The highest BCUT2D eigenvalue weighted by molar-refractivity contribution is 6.33. The molecule has 3 aromatic rings. The van der Waals surface area contributed by atoms with Crippen LogP contribution in [0.15, 0.2) is 42.6 Å². The number of pyridine rings is 1. The standard InChI is InChI=1S/C16H13ClN2/c17-14-4-2-1-3-13(14)15-8-11-7-12(10-5-6-10)9-18-16(11)19-15/h1-4,7-10H,5-6H2,(H,18,19). The first-order chi connectivity index (χ1) is 9.31. The van der Waals surface area contributed by atoms with Gasteiger partial charge in [-0.05, 0) is 42.5 Å². The second kappa shape index (κ2) is 4.10. The van der Waals surface area contributed by atoms with E-state index in [1.807, 2.05) is 30.5 Å². The number of rotatable bonds is 2. The van der Waals surface area contributed by atoms with Crippen molar-refractivity contribution in [2.45, 2.75) is 18.8 Å². The van der Waals surface area contributed by atoms with Gasteiger partial charge in [0.2, 0.25) is 0 Å². The van der Waals surface area contributed by atoms with Crippen molar-refractivity contribution in [3.05, 3.63) is 53.2 Å². The number of H-pyrrole nitrogens is 1. The Hall–Kier alpha value is -1.80. The summed E-state index contributed by atoms with van der Waals surface area (Å²) in [6, 6.07) is 12.3. The van der Waals surface area contributed by atoms with E-state index in [2.05, 4.69) is 22.1 Å². The van der Waals surface area contributed by atoms with E-state index in [1.54, 1.807) is 0 Å². The molecule has 1 fully saturated rings. The minimum absolute atomic E-state index is 0.732. The number of nitrogens with one attached hydrogen (secondary N) is 1. The molecular formula is C16H13ClN2. The molecule has 0 saturated heterocycles. The van der Waals surface area contributed by atoms with Gasteiger partial charge in [0, 0.05) is 27.9 Å². The van der Waals surface area contributed by atoms with E-state index < -0.39 is 0 Å². The van der Waals surface area contributed by atoms with Crippen LogP contribution >= 0.6 is 11.6 Å². The van der Waals surface area contributed by atoms with E-state index in [1.165, 1.54) is 23.8 Å². The van der Waals surface area contributed by atoms with Crippen LogP contribution in [0.2, 0.25) is 5.02 Å². The SMILES string of the molecule is Clc1ccccc1-c1cc2cc(C3CC3)cnc2[nH]1. The predicted octanol–water partition coefficient (Wildman–Crippen LogP) is 4.76. The van der Waals surface area contributed by atoms with Crippen LogP contribution in [-0.4, -0.2) is 9.97 Å². The molecule has 1 saturated carbocycles. The molecule has 94 valence electrons. The molecule has 1 aliphatic rings. The smallest absolute Gasteiger partial charge is 0.137 e. The number of aromatic amines is 1. The highest BCUT2D eigenvalue weighted by Gasteiger charge is 2.24. The Balaban J connectivity index is 1.85. The summed E-state index contributed by atoms with van der Waals surface area (Å²) in [6.45, 7) is 0. The average Bonchev–Trinajstić information content (AvgIpc) is 3.18. The third-order valence-electron chi connectivity index (χ3n) is 3.70. The Morgan fingerprint density at radius 2 is 2.00 bits per heavy atom. The summed E-state index contributed by atoms with van der Waals surface area (Å²) in [5.74, 6) is 0.732. The van der Waals surface area contributed by atoms with Gasteiger partial charge in [-0.3, -0.25) is 0 Å². The maximum Gasteiger partial charge on any atom is 0.137 e. The molecule has 0 aliphatic heterocycles. The zero-order chi connectivity index (χ0) is 12.8. The van der Waals surface area contributed by atoms with E-state index >= 15 is 0 Å². The van der Waals surface area contributed by atoms with Crippen LogP contribution in [0.4, 0.5) is 0 Å². The highest BCUT2D eigenvalue weighted by Crippen LogP contribution is 2.40. The van der Waals surface area contributed by atoms with Crippen molar-refractivity contribution in [3.63, 3.8) is 0 Å². The van der Waals surface area contributed by atoms with Gasteiger partial charge >= 0.3 is 0 Å². The minimum atomic E-state index is 0.732. The fourth-order valence-electron chi connectivity index (χ4n) is 2.50. The van der Waals surface area contributed by atoms with Crippen molar-refractivity contribution in [3.8, 4) is 11.3 Å². The van der Waals surface area contributed by atoms with Crippen molar-refractivity contribution in [1.82, 2.24) is 9.97 Å². The lowest BCUT2D eigenvalue weighted by Gasteiger charge is -1.99. The predicted molar refractivity (Wildman–Crippen MR) is 78.5 cm³/mol. The average molecular weight is 269 g/mol. The number of hydrogen-bond donors (Lipinski definition) is 1. The Labute approximate surface area is 116 Å². The summed E-state index contributed by atoms with van der Waals surface area (Å²) in [5.41, 5.74) is 4.34. The van der Waals surface area contributed by atoms with Crippen LogP contribution in [0.1, 0.15) is 24.3 Å². The number of fused-ring (bicyclic) bond motifs is 1. The van der Waals surface area contributed by atoms with Crippen LogP contribution in [0.25, 0.3) is 22.3 Å². The molecule has 0 bridgehead atoms. The second-order valence-electron chi connectivity index (χ2n) is 5.14. The van der Waals surface area contributed by atoms with Crippen molar-refractivity contribution in [1.29, 1.82) is 0 Å². The largest absolute Gasteiger partial charge is 0.339 e. The van der Waals surface area contributed by atoms with Crippen LogP contribution in [-0.2, 0) is 0 Å². The molecule has 0 radical (unpaired) electrons. The first kappa shape index (κ1) is 11.1. The fourth-order valence-corrected chi connectivity index (χ4v) is 2.73. The lowest BCUT2D eigenvalue weighted by atomic mass is 10.1. The normalized spacial score (nSPS) is 15.0. The number of aromatic nitrogens is 2. The van der Waals surface area contributed by atoms with Gasteiger partial charge in [0.25, 0.3) is 0 Å². The van der Waals surface area contributed by atoms with Gasteiger partial charge in [-0.1, -0.05) is 29.8 Å². The number of benzene rings is 1. The van der Waals surface area contributed by atoms with E-state index in [-0.39, 0.29) is 0 Å². The monoisotopic (exact) mass is 268 g/mol. The van der Waals surface area contributed by atoms with Gasteiger partial charge in [-0.2, -0.15) is 0 Å². The highest BCUT2D eigenvalue weighted by atomic mass is 35.5. The van der Waals surface area contributed by atoms with E-state index in [4.69, 9.17) is 11.6 Å². The van der Waals surface area contributed by atoms with E-state index in [9.17, 15) is 0 Å². The van der Waals surface area contributed by atoms with Gasteiger partial charge in [-0.15, -0.1) is 0 Å². The maximum atomic E-state index is 6.24. The number of nitrogens with zero attached hydrogens (tertiary/aromatic N) is 1. The molecule has 1 aromatic carbocycles. The summed E-state index contributed by atoms with van der Waals surface area (Å²) in [7, 11) is 0. The van der Waals surface area contributed by atoms with Gasteiger partial charge < -0.3 is 4.98 Å². The van der Waals surface area contributed by atoms with Crippen LogP contribution in [0.5, 0.6) is 0 Å². The Kier molecular flexibility index (Phi) is 2.39. The first-order valence-corrected chi connectivity index (χ1v) is 6.92. The molecule has 0 atom stereocenters. The third-order valence-corrected chi connectivity index (χ3v) is 4.03. The molecule has 1 N–H and O–H groups in total. The molecule has 2 aromatic heterocycles. The summed E-state index contributed by atoms with van der Waals surface area (Å²) in [6.07, 6.45) is 4.59. The van der Waals surface area contributed by atoms with Crippen molar-refractivity contribution in [2.75, 3.05) is 0 Å². The van der Waals surface area contributed by atoms with Crippen molar-refractivity contribution < 1.29 is 0 Å². The van der Waals surface area contributed by atoms with E-state index in [0.29, 0.717) is 0 Å². The summed E-state index contributed by atoms with van der Waals surface area (Å²) < 4.78 is 0. The molecule has 0 spiro atoms. The van der Waals surface area contributed by atoms with Gasteiger partial charge in [0.05, 0.1) is 0 Å². The van der Waals surface area contributed by atoms with Gasteiger partial charge in [-0.25, -0.2) is 4.98 Å². The number of halogens is 1. The topological polar surface area (TPSA) is 28.7 Å². The molecule has 19 heavy (non-hydrogen) atoms. The lowest BCUT2D eigenvalue weighted by molar-refractivity contribution is 1.11. The van der Waals surface area contributed by atoms with Gasteiger partial charge in [0.15, 0.2) is 0 Å². The Bertz CT molecular complexity index is 756.